The third-order valence-electron chi connectivity index (χ3n) is 5.03. The van der Waals surface area contributed by atoms with Gasteiger partial charge in [-0.25, -0.2) is 4.98 Å². The zero-order chi connectivity index (χ0) is 17.8. The standard InChI is InChI=1S/C18H26N6O2/c25-18(23-8-10-26-11-9-23)3-2-15-12-16-13-22(6-1-7-24(16)21-15)14-17-19-4-5-20-17/h4-5,12H,1-3,6-11,13-14H2,(H,19,20). The Balaban J connectivity index is 1.34. The molecule has 8 nitrogen and oxygen atoms in total. The largest absolute Gasteiger partial charge is 0.378 e. The lowest BCUT2D eigenvalue weighted by Crippen LogP contribution is -2.40. The van der Waals surface area contributed by atoms with Gasteiger partial charge >= 0.3 is 0 Å². The summed E-state index contributed by atoms with van der Waals surface area (Å²) in [7, 11) is 0. The fourth-order valence-corrected chi connectivity index (χ4v) is 3.65. The maximum atomic E-state index is 12.3. The van der Waals surface area contributed by atoms with Crippen molar-refractivity contribution < 1.29 is 9.53 Å². The molecule has 2 aliphatic heterocycles. The highest BCUT2D eigenvalue weighted by molar-refractivity contribution is 5.76. The maximum absolute atomic E-state index is 12.3. The number of amides is 1. The van der Waals surface area contributed by atoms with Crippen LogP contribution >= 0.6 is 0 Å². The number of nitrogens with zero attached hydrogens (tertiary/aromatic N) is 5. The second-order valence-electron chi connectivity index (χ2n) is 6.94. The number of fused-ring (bicyclic) bond motifs is 1. The zero-order valence-electron chi connectivity index (χ0n) is 15.1. The van der Waals surface area contributed by atoms with Gasteiger partial charge in [0.15, 0.2) is 0 Å². The van der Waals surface area contributed by atoms with Gasteiger partial charge in [-0.3, -0.25) is 14.4 Å². The second kappa shape index (κ2) is 8.01. The predicted octanol–water partition coefficient (Wildman–Crippen LogP) is 0.804. The first kappa shape index (κ1) is 17.2. The van der Waals surface area contributed by atoms with Crippen molar-refractivity contribution in [3.05, 3.63) is 35.7 Å². The van der Waals surface area contributed by atoms with E-state index in [1.54, 1.807) is 6.20 Å². The van der Waals surface area contributed by atoms with Crippen molar-refractivity contribution >= 4 is 5.91 Å². The van der Waals surface area contributed by atoms with Crippen LogP contribution in [0.15, 0.2) is 18.5 Å². The Bertz CT molecular complexity index is 720. The van der Waals surface area contributed by atoms with Crippen molar-refractivity contribution in [2.75, 3.05) is 32.8 Å². The Morgan fingerprint density at radius 2 is 2.12 bits per heavy atom. The van der Waals surface area contributed by atoms with Crippen LogP contribution in [0.3, 0.4) is 0 Å². The van der Waals surface area contributed by atoms with Crippen molar-refractivity contribution in [1.29, 1.82) is 0 Å². The van der Waals surface area contributed by atoms with Gasteiger partial charge in [0.1, 0.15) is 5.82 Å². The van der Waals surface area contributed by atoms with Crippen LogP contribution in [0.5, 0.6) is 0 Å². The first-order chi connectivity index (χ1) is 12.8. The number of imidazole rings is 1. The number of aromatic amines is 1. The molecule has 4 rings (SSSR count). The van der Waals surface area contributed by atoms with Gasteiger partial charge in [0.25, 0.3) is 0 Å². The molecule has 0 bridgehead atoms. The molecule has 0 unspecified atom stereocenters. The fourth-order valence-electron chi connectivity index (χ4n) is 3.65. The molecule has 1 saturated heterocycles. The van der Waals surface area contributed by atoms with E-state index in [1.165, 1.54) is 5.69 Å². The normalized spacial score (nSPS) is 18.5. The summed E-state index contributed by atoms with van der Waals surface area (Å²) in [5, 5.41) is 4.73. The van der Waals surface area contributed by atoms with Crippen LogP contribution in [0.1, 0.15) is 30.1 Å². The first-order valence-corrected chi connectivity index (χ1v) is 9.40. The molecule has 2 aromatic heterocycles. The Labute approximate surface area is 153 Å². The van der Waals surface area contributed by atoms with Crippen LogP contribution < -0.4 is 0 Å². The molecule has 0 aromatic carbocycles. The average Bonchev–Trinajstić information content (AvgIpc) is 3.27. The minimum atomic E-state index is 0.205. The molecule has 2 aromatic rings. The van der Waals surface area contributed by atoms with Gasteiger partial charge < -0.3 is 14.6 Å². The number of ether oxygens (including phenoxy) is 1. The van der Waals surface area contributed by atoms with E-state index in [0.29, 0.717) is 39.1 Å². The highest BCUT2D eigenvalue weighted by atomic mass is 16.5. The molecule has 0 saturated carbocycles. The lowest BCUT2D eigenvalue weighted by Gasteiger charge is -2.26. The summed E-state index contributed by atoms with van der Waals surface area (Å²) in [6.07, 6.45) is 5.95. The van der Waals surface area contributed by atoms with E-state index in [4.69, 9.17) is 9.84 Å². The van der Waals surface area contributed by atoms with Crippen LogP contribution in [0.2, 0.25) is 0 Å². The molecule has 2 aliphatic rings. The van der Waals surface area contributed by atoms with Crippen molar-refractivity contribution in [3.63, 3.8) is 0 Å². The summed E-state index contributed by atoms with van der Waals surface area (Å²) in [5.74, 6) is 1.20. The Morgan fingerprint density at radius 1 is 1.23 bits per heavy atom. The Hall–Kier alpha value is -2.19. The number of H-pyrrole nitrogens is 1. The van der Waals surface area contributed by atoms with E-state index in [9.17, 15) is 4.79 Å². The van der Waals surface area contributed by atoms with Crippen molar-refractivity contribution in [2.24, 2.45) is 0 Å². The van der Waals surface area contributed by atoms with E-state index < -0.39 is 0 Å². The lowest BCUT2D eigenvalue weighted by molar-refractivity contribution is -0.135. The smallest absolute Gasteiger partial charge is 0.223 e. The molecule has 1 amide bonds. The maximum Gasteiger partial charge on any atom is 0.223 e. The van der Waals surface area contributed by atoms with E-state index in [0.717, 1.165) is 44.1 Å². The number of rotatable bonds is 5. The summed E-state index contributed by atoms with van der Waals surface area (Å²) in [5.41, 5.74) is 2.24. The predicted molar refractivity (Wildman–Crippen MR) is 95.3 cm³/mol. The van der Waals surface area contributed by atoms with Gasteiger partial charge in [0.05, 0.1) is 31.1 Å². The number of aryl methyl sites for hydroxylation is 2. The third-order valence-corrected chi connectivity index (χ3v) is 5.03. The molecule has 0 aliphatic carbocycles. The Kier molecular flexibility index (Phi) is 5.31. The van der Waals surface area contributed by atoms with Gasteiger partial charge in [-0.15, -0.1) is 0 Å². The van der Waals surface area contributed by atoms with Crippen LogP contribution in [-0.2, 0) is 35.6 Å². The number of morpholine rings is 1. The third kappa shape index (κ3) is 4.13. The SMILES string of the molecule is O=C(CCc1cc2n(n1)CCCN(Cc1ncc[nH]1)C2)N1CCOCC1. The minimum absolute atomic E-state index is 0.205. The molecule has 1 N–H and O–H groups in total. The molecule has 26 heavy (non-hydrogen) atoms. The van der Waals surface area contributed by atoms with Gasteiger partial charge in [-0.1, -0.05) is 0 Å². The molecular weight excluding hydrogens is 332 g/mol. The monoisotopic (exact) mass is 358 g/mol. The molecule has 0 atom stereocenters. The molecule has 4 heterocycles. The van der Waals surface area contributed by atoms with Crippen LogP contribution in [0, 0.1) is 0 Å². The van der Waals surface area contributed by atoms with E-state index in [1.807, 2.05) is 11.1 Å². The van der Waals surface area contributed by atoms with Gasteiger partial charge in [-0.2, -0.15) is 5.10 Å². The van der Waals surface area contributed by atoms with Crippen LogP contribution in [0.4, 0.5) is 0 Å². The molecule has 0 radical (unpaired) electrons. The molecule has 8 heteroatoms. The highest BCUT2D eigenvalue weighted by Crippen LogP contribution is 2.16. The number of carbonyl (C=O) groups is 1. The summed E-state index contributed by atoms with van der Waals surface area (Å²) in [6, 6.07) is 2.16. The van der Waals surface area contributed by atoms with Crippen LogP contribution in [0.25, 0.3) is 0 Å². The summed E-state index contributed by atoms with van der Waals surface area (Å²) in [4.78, 5) is 24.1. The van der Waals surface area contributed by atoms with Gasteiger partial charge in [-0.05, 0) is 12.5 Å². The fraction of sp³-hybridized carbons (Fsp3) is 0.611. The number of nitrogens with one attached hydrogen (secondary N) is 1. The quantitative estimate of drug-likeness (QED) is 0.855. The number of carbonyl (C=O) groups excluding carboxylic acids is 1. The minimum Gasteiger partial charge on any atom is -0.378 e. The molecular formula is C18H26N6O2. The number of hydrogen-bond acceptors (Lipinski definition) is 5. The topological polar surface area (TPSA) is 79.3 Å². The lowest BCUT2D eigenvalue weighted by atomic mass is 10.2. The first-order valence-electron chi connectivity index (χ1n) is 9.40. The van der Waals surface area contributed by atoms with Gasteiger partial charge in [0, 0.05) is 58.0 Å². The molecule has 1 fully saturated rings. The van der Waals surface area contributed by atoms with Crippen molar-refractivity contribution in [3.8, 4) is 0 Å². The molecule has 140 valence electrons. The van der Waals surface area contributed by atoms with Crippen molar-refractivity contribution in [2.45, 2.75) is 38.9 Å². The second-order valence-corrected chi connectivity index (χ2v) is 6.94. The zero-order valence-corrected chi connectivity index (χ0v) is 15.1. The van der Waals surface area contributed by atoms with E-state index in [2.05, 4.69) is 25.6 Å². The summed E-state index contributed by atoms with van der Waals surface area (Å²) in [6.45, 7) is 6.37. The summed E-state index contributed by atoms with van der Waals surface area (Å²) < 4.78 is 7.41. The highest BCUT2D eigenvalue weighted by Gasteiger charge is 2.20. The summed E-state index contributed by atoms with van der Waals surface area (Å²) >= 11 is 0. The Morgan fingerprint density at radius 3 is 2.92 bits per heavy atom. The van der Waals surface area contributed by atoms with E-state index in [-0.39, 0.29) is 5.91 Å². The number of aromatic nitrogens is 4. The molecule has 0 spiro atoms. The average molecular weight is 358 g/mol. The van der Waals surface area contributed by atoms with E-state index >= 15 is 0 Å². The van der Waals surface area contributed by atoms with Crippen molar-refractivity contribution in [1.82, 2.24) is 29.5 Å². The van der Waals surface area contributed by atoms with Crippen LogP contribution in [-0.4, -0.2) is 68.3 Å². The number of hydrogen-bond donors (Lipinski definition) is 1. The van der Waals surface area contributed by atoms with Gasteiger partial charge in [0.2, 0.25) is 5.91 Å².